The second-order valence-electron chi connectivity index (χ2n) is 5.17. The van der Waals surface area contributed by atoms with E-state index in [1.807, 2.05) is 29.2 Å². The number of rotatable bonds is 3. The fourth-order valence-electron chi connectivity index (χ4n) is 2.77. The number of amides is 1. The Kier molecular flexibility index (Phi) is 5.21. The Labute approximate surface area is 128 Å². The maximum atomic E-state index is 12.6. The molecule has 0 aromatic heterocycles. The van der Waals surface area contributed by atoms with E-state index in [0.717, 1.165) is 41.4 Å². The molecule has 1 aliphatic rings. The van der Waals surface area contributed by atoms with Gasteiger partial charge >= 0.3 is 0 Å². The number of nitrogens with two attached hydrogens (primary N) is 1. The molecule has 0 bridgehead atoms. The number of carbonyl (C=O) groups excluding carboxylic acids is 1. The van der Waals surface area contributed by atoms with Crippen LogP contribution in [-0.4, -0.2) is 29.4 Å². The van der Waals surface area contributed by atoms with E-state index >= 15 is 0 Å². The third-order valence-electron chi connectivity index (χ3n) is 3.86. The first kappa shape index (κ1) is 14.8. The molecular formula is C15H21IN2O. The Morgan fingerprint density at radius 1 is 1.37 bits per heavy atom. The van der Waals surface area contributed by atoms with Gasteiger partial charge in [-0.05, 0) is 73.4 Å². The highest BCUT2D eigenvalue weighted by molar-refractivity contribution is 14.1. The zero-order valence-corrected chi connectivity index (χ0v) is 13.5. The van der Waals surface area contributed by atoms with Gasteiger partial charge in [0.05, 0.1) is 0 Å². The van der Waals surface area contributed by atoms with Crippen LogP contribution in [0.15, 0.2) is 24.3 Å². The van der Waals surface area contributed by atoms with Crippen molar-refractivity contribution in [2.45, 2.75) is 44.7 Å². The first-order valence-corrected chi connectivity index (χ1v) is 8.01. The molecule has 1 aromatic carbocycles. The molecule has 0 unspecified atom stereocenters. The normalized spacial score (nSPS) is 23.1. The first-order chi connectivity index (χ1) is 9.11. The Morgan fingerprint density at radius 3 is 2.63 bits per heavy atom. The van der Waals surface area contributed by atoms with Crippen LogP contribution in [0.4, 0.5) is 0 Å². The van der Waals surface area contributed by atoms with Gasteiger partial charge < -0.3 is 10.6 Å². The van der Waals surface area contributed by atoms with Crippen LogP contribution < -0.4 is 5.73 Å². The highest BCUT2D eigenvalue weighted by atomic mass is 127. The van der Waals surface area contributed by atoms with E-state index in [1.54, 1.807) is 0 Å². The zero-order valence-electron chi connectivity index (χ0n) is 11.3. The van der Waals surface area contributed by atoms with Crippen molar-refractivity contribution in [3.63, 3.8) is 0 Å². The second-order valence-corrected chi connectivity index (χ2v) is 6.42. The summed E-state index contributed by atoms with van der Waals surface area (Å²) in [6.45, 7) is 2.82. The molecular weight excluding hydrogens is 351 g/mol. The molecule has 4 heteroatoms. The largest absolute Gasteiger partial charge is 0.336 e. The quantitative estimate of drug-likeness (QED) is 0.830. The molecule has 2 N–H and O–H groups in total. The summed E-state index contributed by atoms with van der Waals surface area (Å²) in [6, 6.07) is 8.49. The van der Waals surface area contributed by atoms with Crippen LogP contribution in [0.3, 0.4) is 0 Å². The van der Waals surface area contributed by atoms with E-state index in [1.165, 1.54) is 0 Å². The lowest BCUT2D eigenvalue weighted by molar-refractivity contribution is 0.0640. The van der Waals surface area contributed by atoms with Gasteiger partial charge in [0.2, 0.25) is 0 Å². The van der Waals surface area contributed by atoms with Gasteiger partial charge in [-0.3, -0.25) is 4.79 Å². The monoisotopic (exact) mass is 372 g/mol. The maximum Gasteiger partial charge on any atom is 0.254 e. The first-order valence-electron chi connectivity index (χ1n) is 6.94. The Bertz CT molecular complexity index is 442. The molecule has 2 rings (SSSR count). The van der Waals surface area contributed by atoms with Crippen molar-refractivity contribution in [1.29, 1.82) is 0 Å². The van der Waals surface area contributed by atoms with Gasteiger partial charge in [-0.25, -0.2) is 0 Å². The smallest absolute Gasteiger partial charge is 0.254 e. The lowest BCUT2D eigenvalue weighted by Gasteiger charge is -2.35. The van der Waals surface area contributed by atoms with E-state index in [9.17, 15) is 4.79 Å². The number of carbonyl (C=O) groups is 1. The lowest BCUT2D eigenvalue weighted by atomic mass is 9.90. The van der Waals surface area contributed by atoms with Crippen LogP contribution in [-0.2, 0) is 0 Å². The summed E-state index contributed by atoms with van der Waals surface area (Å²) < 4.78 is 1.10. The van der Waals surface area contributed by atoms with Gasteiger partial charge in [-0.15, -0.1) is 0 Å². The predicted octanol–water partition coefficient (Wildman–Crippen LogP) is 3.02. The summed E-state index contributed by atoms with van der Waals surface area (Å²) in [5.41, 5.74) is 6.74. The third-order valence-corrected chi connectivity index (χ3v) is 4.53. The Morgan fingerprint density at radius 2 is 2.05 bits per heavy atom. The van der Waals surface area contributed by atoms with Crippen molar-refractivity contribution in [1.82, 2.24) is 4.90 Å². The number of hydrogen-bond donors (Lipinski definition) is 1. The summed E-state index contributed by atoms with van der Waals surface area (Å²) in [4.78, 5) is 14.6. The number of halogens is 1. The molecule has 3 nitrogen and oxygen atoms in total. The molecule has 0 heterocycles. The lowest BCUT2D eigenvalue weighted by Crippen LogP contribution is -2.44. The van der Waals surface area contributed by atoms with Crippen molar-refractivity contribution in [2.24, 2.45) is 5.73 Å². The van der Waals surface area contributed by atoms with E-state index < -0.39 is 0 Å². The molecule has 0 atom stereocenters. The van der Waals surface area contributed by atoms with Gasteiger partial charge in [-0.2, -0.15) is 0 Å². The molecule has 0 aliphatic heterocycles. The van der Waals surface area contributed by atoms with E-state index in [2.05, 4.69) is 29.5 Å². The number of nitrogens with zero attached hydrogens (tertiary/aromatic N) is 1. The van der Waals surface area contributed by atoms with Crippen molar-refractivity contribution in [3.05, 3.63) is 33.4 Å². The molecule has 104 valence electrons. The molecule has 1 aliphatic carbocycles. The van der Waals surface area contributed by atoms with Crippen molar-refractivity contribution in [2.75, 3.05) is 6.54 Å². The minimum atomic E-state index is 0.154. The molecule has 1 amide bonds. The minimum Gasteiger partial charge on any atom is -0.336 e. The van der Waals surface area contributed by atoms with Gasteiger partial charge in [0.15, 0.2) is 0 Å². The van der Waals surface area contributed by atoms with Gasteiger partial charge in [0.25, 0.3) is 5.91 Å². The van der Waals surface area contributed by atoms with Crippen LogP contribution in [0, 0.1) is 3.57 Å². The molecule has 0 radical (unpaired) electrons. The van der Waals surface area contributed by atoms with E-state index in [-0.39, 0.29) is 5.91 Å². The molecule has 1 aromatic rings. The topological polar surface area (TPSA) is 46.3 Å². The average Bonchev–Trinajstić information content (AvgIpc) is 2.41. The number of benzene rings is 1. The predicted molar refractivity (Wildman–Crippen MR) is 86.1 cm³/mol. The van der Waals surface area contributed by atoms with Crippen LogP contribution in [0.2, 0.25) is 0 Å². The highest BCUT2D eigenvalue weighted by Gasteiger charge is 2.27. The molecule has 1 saturated carbocycles. The van der Waals surface area contributed by atoms with Gasteiger partial charge in [0, 0.05) is 27.8 Å². The summed E-state index contributed by atoms with van der Waals surface area (Å²) in [5.74, 6) is 0.154. The standard InChI is InChI=1S/C15H21IN2O/c1-2-18(14-8-6-13(17)7-9-14)15(19)11-4-3-5-12(16)10-11/h3-5,10,13-14H,2,6-9,17H2,1H3. The van der Waals surface area contributed by atoms with Crippen molar-refractivity contribution < 1.29 is 4.79 Å². The minimum absolute atomic E-state index is 0.154. The van der Waals surface area contributed by atoms with E-state index in [0.29, 0.717) is 12.1 Å². The Balaban J connectivity index is 2.11. The molecule has 19 heavy (non-hydrogen) atoms. The highest BCUT2D eigenvalue weighted by Crippen LogP contribution is 2.23. The average molecular weight is 372 g/mol. The summed E-state index contributed by atoms with van der Waals surface area (Å²) in [6.07, 6.45) is 4.12. The van der Waals surface area contributed by atoms with Crippen LogP contribution in [0.25, 0.3) is 0 Å². The van der Waals surface area contributed by atoms with Crippen molar-refractivity contribution >= 4 is 28.5 Å². The zero-order chi connectivity index (χ0) is 13.8. The molecule has 0 spiro atoms. The van der Waals surface area contributed by atoms with Crippen LogP contribution in [0.5, 0.6) is 0 Å². The summed E-state index contributed by atoms with van der Waals surface area (Å²) in [5, 5.41) is 0. The van der Waals surface area contributed by atoms with Gasteiger partial charge in [-0.1, -0.05) is 6.07 Å². The Hall–Kier alpha value is -0.620. The third kappa shape index (κ3) is 3.69. The van der Waals surface area contributed by atoms with Gasteiger partial charge in [0.1, 0.15) is 0 Å². The van der Waals surface area contributed by atoms with Crippen LogP contribution >= 0.6 is 22.6 Å². The summed E-state index contributed by atoms with van der Waals surface area (Å²) in [7, 11) is 0. The van der Waals surface area contributed by atoms with Crippen molar-refractivity contribution in [3.8, 4) is 0 Å². The fraction of sp³-hybridized carbons (Fsp3) is 0.533. The maximum absolute atomic E-state index is 12.6. The second kappa shape index (κ2) is 6.70. The van der Waals surface area contributed by atoms with Crippen LogP contribution in [0.1, 0.15) is 43.0 Å². The number of hydrogen-bond acceptors (Lipinski definition) is 2. The molecule has 1 fully saturated rings. The SMILES string of the molecule is CCN(C(=O)c1cccc(I)c1)C1CCC(N)CC1. The summed E-state index contributed by atoms with van der Waals surface area (Å²) >= 11 is 2.24. The fourth-order valence-corrected chi connectivity index (χ4v) is 3.31. The van der Waals surface area contributed by atoms with E-state index in [4.69, 9.17) is 5.73 Å². The molecule has 0 saturated heterocycles.